The van der Waals surface area contributed by atoms with Crippen LogP contribution in [-0.4, -0.2) is 10.8 Å². The Morgan fingerprint density at radius 3 is 2.67 bits per heavy atom. The topological polar surface area (TPSA) is 109 Å². The lowest BCUT2D eigenvalue weighted by Gasteiger charge is -2.07. The van der Waals surface area contributed by atoms with Crippen LogP contribution in [0.4, 0.5) is 15.8 Å². The Bertz CT molecular complexity index is 1030. The molecule has 2 aromatic carbocycles. The van der Waals surface area contributed by atoms with E-state index in [1.54, 1.807) is 6.07 Å². The number of amides is 1. The standard InChI is InChI=1S/C16H10FN3O4/c17-12-3-1-2-4-13(12)19-16(21)11-8-9-7-10(20(22)23)5-6-14(9)24-15(11)18/h1-8,18H,(H,19,21). The zero-order valence-corrected chi connectivity index (χ0v) is 12.1. The van der Waals surface area contributed by atoms with Gasteiger partial charge in [0.15, 0.2) is 0 Å². The number of rotatable bonds is 3. The highest BCUT2D eigenvalue weighted by Crippen LogP contribution is 2.21. The van der Waals surface area contributed by atoms with Crippen LogP contribution >= 0.6 is 0 Å². The summed E-state index contributed by atoms with van der Waals surface area (Å²) < 4.78 is 18.8. The van der Waals surface area contributed by atoms with Crippen LogP contribution < -0.4 is 10.9 Å². The number of hydrogen-bond acceptors (Lipinski definition) is 5. The average Bonchev–Trinajstić information content (AvgIpc) is 2.55. The third-order valence-electron chi connectivity index (χ3n) is 3.33. The molecular formula is C16H10FN3O4. The predicted octanol–water partition coefficient (Wildman–Crippen LogP) is 3.21. The smallest absolute Gasteiger partial charge is 0.270 e. The van der Waals surface area contributed by atoms with Crippen LogP contribution in [0.15, 0.2) is 52.9 Å². The molecule has 0 radical (unpaired) electrons. The van der Waals surface area contributed by atoms with Gasteiger partial charge in [-0.05, 0) is 24.3 Å². The second kappa shape index (κ2) is 5.92. The fourth-order valence-electron chi connectivity index (χ4n) is 2.16. The Balaban J connectivity index is 2.03. The summed E-state index contributed by atoms with van der Waals surface area (Å²) in [6, 6.07) is 10.7. The summed E-state index contributed by atoms with van der Waals surface area (Å²) in [5.41, 5.74) is -0.568. The first-order valence-electron chi connectivity index (χ1n) is 6.78. The van der Waals surface area contributed by atoms with Crippen molar-refractivity contribution in [1.82, 2.24) is 0 Å². The molecule has 1 amide bonds. The first-order valence-corrected chi connectivity index (χ1v) is 6.78. The number of fused-ring (bicyclic) bond motifs is 1. The third kappa shape index (κ3) is 2.84. The molecule has 2 N–H and O–H groups in total. The van der Waals surface area contributed by atoms with E-state index in [4.69, 9.17) is 9.83 Å². The average molecular weight is 327 g/mol. The van der Waals surface area contributed by atoms with Crippen molar-refractivity contribution in [3.63, 3.8) is 0 Å². The van der Waals surface area contributed by atoms with Crippen molar-refractivity contribution in [2.75, 3.05) is 5.32 Å². The summed E-state index contributed by atoms with van der Waals surface area (Å²) in [5.74, 6) is -1.37. The van der Waals surface area contributed by atoms with Crippen LogP contribution in [0.2, 0.25) is 0 Å². The molecule has 0 aliphatic rings. The van der Waals surface area contributed by atoms with Crippen molar-refractivity contribution >= 4 is 28.3 Å². The Morgan fingerprint density at radius 1 is 1.21 bits per heavy atom. The third-order valence-corrected chi connectivity index (χ3v) is 3.33. The lowest BCUT2D eigenvalue weighted by molar-refractivity contribution is -0.384. The molecule has 1 heterocycles. The molecule has 0 fully saturated rings. The number of nitrogens with zero attached hydrogens (tertiary/aromatic N) is 1. The van der Waals surface area contributed by atoms with E-state index in [1.165, 1.54) is 42.5 Å². The number of nitro benzene ring substituents is 1. The van der Waals surface area contributed by atoms with Gasteiger partial charge < -0.3 is 9.73 Å². The minimum absolute atomic E-state index is 0.0407. The molecule has 0 aliphatic heterocycles. The van der Waals surface area contributed by atoms with Gasteiger partial charge in [0.2, 0.25) is 5.55 Å². The minimum atomic E-state index is -0.748. The maximum atomic E-state index is 13.6. The molecule has 0 aliphatic carbocycles. The monoisotopic (exact) mass is 327 g/mol. The van der Waals surface area contributed by atoms with E-state index in [-0.39, 0.29) is 22.5 Å². The number of anilines is 1. The lowest BCUT2D eigenvalue weighted by Crippen LogP contribution is -2.21. The van der Waals surface area contributed by atoms with E-state index in [1.807, 2.05) is 0 Å². The van der Waals surface area contributed by atoms with Crippen molar-refractivity contribution in [3.8, 4) is 0 Å². The quantitative estimate of drug-likeness (QED) is 0.568. The molecular weight excluding hydrogens is 317 g/mol. The molecule has 0 unspecified atom stereocenters. The maximum absolute atomic E-state index is 13.6. The fraction of sp³-hybridized carbons (Fsp3) is 0. The van der Waals surface area contributed by atoms with Gasteiger partial charge in [-0.1, -0.05) is 12.1 Å². The van der Waals surface area contributed by atoms with Gasteiger partial charge in [0.1, 0.15) is 17.0 Å². The molecule has 0 saturated heterocycles. The number of carbonyl (C=O) groups is 1. The van der Waals surface area contributed by atoms with Crippen LogP contribution in [0.3, 0.4) is 0 Å². The fourth-order valence-corrected chi connectivity index (χ4v) is 2.16. The van der Waals surface area contributed by atoms with Crippen LogP contribution in [0.1, 0.15) is 10.4 Å². The second-order valence-corrected chi connectivity index (χ2v) is 4.90. The summed E-state index contributed by atoms with van der Waals surface area (Å²) in [6.45, 7) is 0. The van der Waals surface area contributed by atoms with Gasteiger partial charge in [0, 0.05) is 17.5 Å². The van der Waals surface area contributed by atoms with Crippen molar-refractivity contribution in [2.45, 2.75) is 0 Å². The number of hydrogen-bond donors (Lipinski definition) is 2. The molecule has 0 spiro atoms. The van der Waals surface area contributed by atoms with E-state index in [0.29, 0.717) is 5.39 Å². The van der Waals surface area contributed by atoms with Gasteiger partial charge in [-0.25, -0.2) is 4.39 Å². The second-order valence-electron chi connectivity index (χ2n) is 4.90. The number of nitro groups is 1. The largest absolute Gasteiger partial charge is 0.438 e. The predicted molar refractivity (Wildman–Crippen MR) is 83.1 cm³/mol. The van der Waals surface area contributed by atoms with Crippen LogP contribution in [-0.2, 0) is 0 Å². The SMILES string of the molecule is N=c1oc2ccc([N+](=O)[O-])cc2cc1C(=O)Nc1ccccc1F. The number of benzene rings is 2. The van der Waals surface area contributed by atoms with E-state index < -0.39 is 22.2 Å². The minimum Gasteiger partial charge on any atom is -0.438 e. The van der Waals surface area contributed by atoms with E-state index in [0.717, 1.165) is 0 Å². The summed E-state index contributed by atoms with van der Waals surface area (Å²) >= 11 is 0. The number of nitrogens with one attached hydrogen (secondary N) is 2. The summed E-state index contributed by atoms with van der Waals surface area (Å²) in [7, 11) is 0. The molecule has 24 heavy (non-hydrogen) atoms. The zero-order valence-electron chi connectivity index (χ0n) is 12.1. The Morgan fingerprint density at radius 2 is 1.96 bits per heavy atom. The van der Waals surface area contributed by atoms with Crippen molar-refractivity contribution < 1.29 is 18.5 Å². The first-order chi connectivity index (χ1) is 11.5. The van der Waals surface area contributed by atoms with Crippen molar-refractivity contribution in [1.29, 1.82) is 5.41 Å². The van der Waals surface area contributed by atoms with E-state index in [9.17, 15) is 19.3 Å². The maximum Gasteiger partial charge on any atom is 0.270 e. The Hall–Kier alpha value is -3.55. The Labute approximate surface area is 134 Å². The molecule has 120 valence electrons. The Kier molecular flexibility index (Phi) is 3.78. The molecule has 3 rings (SSSR count). The molecule has 7 nitrogen and oxygen atoms in total. The normalized spacial score (nSPS) is 10.5. The summed E-state index contributed by atoms with van der Waals surface area (Å²) in [4.78, 5) is 22.5. The van der Waals surface area contributed by atoms with Gasteiger partial charge in [-0.15, -0.1) is 0 Å². The highest BCUT2D eigenvalue weighted by molar-refractivity contribution is 6.05. The van der Waals surface area contributed by atoms with Gasteiger partial charge in [-0.3, -0.25) is 20.3 Å². The molecule has 8 heteroatoms. The van der Waals surface area contributed by atoms with Crippen LogP contribution in [0.5, 0.6) is 0 Å². The number of para-hydroxylation sites is 1. The number of non-ortho nitro benzene ring substituents is 1. The molecule has 0 atom stereocenters. The van der Waals surface area contributed by atoms with E-state index in [2.05, 4.69) is 5.32 Å². The van der Waals surface area contributed by atoms with Crippen molar-refractivity contribution in [3.05, 3.63) is 75.6 Å². The number of carbonyl (C=O) groups excluding carboxylic acids is 1. The lowest BCUT2D eigenvalue weighted by atomic mass is 10.1. The van der Waals surface area contributed by atoms with E-state index >= 15 is 0 Å². The van der Waals surface area contributed by atoms with Crippen LogP contribution in [0, 0.1) is 21.3 Å². The van der Waals surface area contributed by atoms with Gasteiger partial charge in [0.25, 0.3) is 11.6 Å². The highest BCUT2D eigenvalue weighted by atomic mass is 19.1. The first kappa shape index (κ1) is 15.3. The number of halogens is 1. The highest BCUT2D eigenvalue weighted by Gasteiger charge is 2.15. The van der Waals surface area contributed by atoms with Gasteiger partial charge in [0.05, 0.1) is 10.6 Å². The van der Waals surface area contributed by atoms with Crippen LogP contribution in [0.25, 0.3) is 11.0 Å². The molecule has 1 aromatic heterocycles. The van der Waals surface area contributed by atoms with Crippen molar-refractivity contribution in [2.24, 2.45) is 0 Å². The molecule has 3 aromatic rings. The molecule has 0 bridgehead atoms. The summed E-state index contributed by atoms with van der Waals surface area (Å²) in [5, 5.41) is 21.2. The van der Waals surface area contributed by atoms with Gasteiger partial charge >= 0.3 is 0 Å². The molecule has 0 saturated carbocycles. The van der Waals surface area contributed by atoms with Gasteiger partial charge in [-0.2, -0.15) is 0 Å². The summed E-state index contributed by atoms with van der Waals surface area (Å²) in [6.07, 6.45) is 0. The zero-order chi connectivity index (χ0) is 17.3.